The molecule has 136 valence electrons. The minimum Gasteiger partial charge on any atom is -0.380 e. The molecule has 1 amide bonds. The smallest absolute Gasteiger partial charge is 0.237 e. The number of carbonyl (C=O) groups excluding carboxylic acids is 1. The van der Waals surface area contributed by atoms with Crippen LogP contribution in [0.1, 0.15) is 39.0 Å². The zero-order chi connectivity index (χ0) is 17.4. The summed E-state index contributed by atoms with van der Waals surface area (Å²) in [4.78, 5) is 19.0. The third-order valence-electron chi connectivity index (χ3n) is 5.48. The molecule has 6 heteroatoms. The van der Waals surface area contributed by atoms with Gasteiger partial charge in [-0.05, 0) is 19.8 Å². The summed E-state index contributed by atoms with van der Waals surface area (Å²) in [6, 6.07) is 2.44. The molecule has 2 aliphatic rings. The van der Waals surface area contributed by atoms with Crippen molar-refractivity contribution in [3.63, 3.8) is 0 Å². The predicted molar refractivity (Wildman–Crippen MR) is 93.6 cm³/mol. The van der Waals surface area contributed by atoms with E-state index in [2.05, 4.69) is 15.9 Å². The fourth-order valence-electron chi connectivity index (χ4n) is 3.70. The van der Waals surface area contributed by atoms with E-state index < -0.39 is 5.54 Å². The SMILES string of the molecule is CCOCCN1CCN(CC(=O)N(C)C2(C#N)CCCCC2)CC1. The summed E-state index contributed by atoms with van der Waals surface area (Å²) in [5, 5.41) is 9.63. The van der Waals surface area contributed by atoms with Crippen LogP contribution >= 0.6 is 0 Å². The van der Waals surface area contributed by atoms with E-state index in [1.807, 2.05) is 14.0 Å². The zero-order valence-electron chi connectivity index (χ0n) is 15.3. The molecule has 0 N–H and O–H groups in total. The number of hydrogen-bond donors (Lipinski definition) is 0. The zero-order valence-corrected chi connectivity index (χ0v) is 15.3. The Balaban J connectivity index is 1.77. The molecule has 1 heterocycles. The van der Waals surface area contributed by atoms with Gasteiger partial charge >= 0.3 is 0 Å². The van der Waals surface area contributed by atoms with Gasteiger partial charge in [0.05, 0.1) is 19.2 Å². The molecule has 2 rings (SSSR count). The fourth-order valence-corrected chi connectivity index (χ4v) is 3.70. The number of nitrogens with zero attached hydrogens (tertiary/aromatic N) is 4. The summed E-state index contributed by atoms with van der Waals surface area (Å²) >= 11 is 0. The summed E-state index contributed by atoms with van der Waals surface area (Å²) in [5.41, 5.74) is -0.575. The molecule has 0 bridgehead atoms. The number of rotatable bonds is 7. The van der Waals surface area contributed by atoms with Gasteiger partial charge < -0.3 is 9.64 Å². The number of likely N-dealkylation sites (N-methyl/N-ethyl adjacent to an activating group) is 1. The van der Waals surface area contributed by atoms with E-state index in [9.17, 15) is 10.1 Å². The Bertz CT molecular complexity index is 435. The van der Waals surface area contributed by atoms with Crippen molar-refractivity contribution in [1.29, 1.82) is 5.26 Å². The second-order valence-electron chi connectivity index (χ2n) is 6.97. The van der Waals surface area contributed by atoms with Gasteiger partial charge in [0.2, 0.25) is 5.91 Å². The van der Waals surface area contributed by atoms with Crippen molar-refractivity contribution in [3.05, 3.63) is 0 Å². The lowest BCUT2D eigenvalue weighted by molar-refractivity contribution is -0.136. The van der Waals surface area contributed by atoms with Gasteiger partial charge in [-0.15, -0.1) is 0 Å². The van der Waals surface area contributed by atoms with Crippen molar-refractivity contribution < 1.29 is 9.53 Å². The largest absolute Gasteiger partial charge is 0.380 e. The molecule has 0 aromatic rings. The minimum atomic E-state index is -0.575. The van der Waals surface area contributed by atoms with Crippen LogP contribution in [0.25, 0.3) is 0 Å². The van der Waals surface area contributed by atoms with Crippen LogP contribution in [0, 0.1) is 11.3 Å². The van der Waals surface area contributed by atoms with Crippen molar-refractivity contribution in [3.8, 4) is 6.07 Å². The maximum Gasteiger partial charge on any atom is 0.237 e. The van der Waals surface area contributed by atoms with E-state index in [-0.39, 0.29) is 5.91 Å². The number of carbonyl (C=O) groups is 1. The molecular weight excluding hydrogens is 304 g/mol. The molecule has 0 spiro atoms. The summed E-state index contributed by atoms with van der Waals surface area (Å²) in [5.74, 6) is 0.0845. The van der Waals surface area contributed by atoms with Crippen molar-refractivity contribution in [1.82, 2.24) is 14.7 Å². The van der Waals surface area contributed by atoms with E-state index in [1.165, 1.54) is 6.42 Å². The molecule has 1 aliphatic carbocycles. The van der Waals surface area contributed by atoms with Crippen LogP contribution in [0.2, 0.25) is 0 Å². The third-order valence-corrected chi connectivity index (χ3v) is 5.48. The van der Waals surface area contributed by atoms with Gasteiger partial charge in [-0.1, -0.05) is 19.3 Å². The summed E-state index contributed by atoms with van der Waals surface area (Å²) in [6.45, 7) is 8.73. The van der Waals surface area contributed by atoms with Crippen LogP contribution in [0.3, 0.4) is 0 Å². The highest BCUT2D eigenvalue weighted by Crippen LogP contribution is 2.32. The Morgan fingerprint density at radius 3 is 2.38 bits per heavy atom. The van der Waals surface area contributed by atoms with Crippen molar-refractivity contribution >= 4 is 5.91 Å². The first-order chi connectivity index (χ1) is 11.6. The van der Waals surface area contributed by atoms with Crippen LogP contribution in [-0.4, -0.2) is 85.7 Å². The van der Waals surface area contributed by atoms with Crippen molar-refractivity contribution in [2.24, 2.45) is 0 Å². The maximum atomic E-state index is 12.7. The second-order valence-corrected chi connectivity index (χ2v) is 6.97. The first-order valence-corrected chi connectivity index (χ1v) is 9.31. The number of piperazine rings is 1. The van der Waals surface area contributed by atoms with E-state index in [1.54, 1.807) is 4.90 Å². The van der Waals surface area contributed by atoms with E-state index in [0.29, 0.717) is 6.54 Å². The van der Waals surface area contributed by atoms with Crippen LogP contribution in [-0.2, 0) is 9.53 Å². The van der Waals surface area contributed by atoms with Crippen molar-refractivity contribution in [2.45, 2.75) is 44.6 Å². The van der Waals surface area contributed by atoms with Gasteiger partial charge in [-0.3, -0.25) is 14.6 Å². The third kappa shape index (κ3) is 4.92. The van der Waals surface area contributed by atoms with Crippen LogP contribution < -0.4 is 0 Å². The molecule has 6 nitrogen and oxygen atoms in total. The Labute approximate surface area is 146 Å². The summed E-state index contributed by atoms with van der Waals surface area (Å²) in [7, 11) is 1.81. The number of nitriles is 1. The molecule has 0 radical (unpaired) electrons. The number of hydrogen-bond acceptors (Lipinski definition) is 5. The van der Waals surface area contributed by atoms with Gasteiger partial charge in [-0.2, -0.15) is 5.26 Å². The Hall–Kier alpha value is -1.16. The average Bonchev–Trinajstić information content (AvgIpc) is 2.63. The molecule has 0 aromatic heterocycles. The van der Waals surface area contributed by atoms with Gasteiger partial charge in [0, 0.05) is 46.4 Å². The quantitative estimate of drug-likeness (QED) is 0.656. The Kier molecular flexibility index (Phi) is 7.47. The lowest BCUT2D eigenvalue weighted by Crippen LogP contribution is -2.55. The molecule has 24 heavy (non-hydrogen) atoms. The number of amides is 1. The second kappa shape index (κ2) is 9.36. The highest BCUT2D eigenvalue weighted by atomic mass is 16.5. The lowest BCUT2D eigenvalue weighted by Gasteiger charge is -2.41. The average molecular weight is 336 g/mol. The predicted octanol–water partition coefficient (Wildman–Crippen LogP) is 1.33. The minimum absolute atomic E-state index is 0.0845. The Morgan fingerprint density at radius 2 is 1.79 bits per heavy atom. The topological polar surface area (TPSA) is 59.8 Å². The van der Waals surface area contributed by atoms with E-state index in [0.717, 1.165) is 71.6 Å². The number of ether oxygens (including phenoxy) is 1. The normalized spacial score (nSPS) is 22.0. The van der Waals surface area contributed by atoms with Gasteiger partial charge in [0.1, 0.15) is 5.54 Å². The van der Waals surface area contributed by atoms with Gasteiger partial charge in [0.25, 0.3) is 0 Å². The van der Waals surface area contributed by atoms with Crippen LogP contribution in [0.4, 0.5) is 0 Å². The van der Waals surface area contributed by atoms with Crippen LogP contribution in [0.5, 0.6) is 0 Å². The first-order valence-electron chi connectivity index (χ1n) is 9.31. The van der Waals surface area contributed by atoms with Gasteiger partial charge in [-0.25, -0.2) is 0 Å². The molecule has 1 saturated carbocycles. The molecule has 2 fully saturated rings. The summed E-state index contributed by atoms with van der Waals surface area (Å²) in [6.07, 6.45) is 4.90. The standard InChI is InChI=1S/C18H32N4O2/c1-3-24-14-13-21-9-11-22(12-10-21)15-17(23)20(2)18(16-19)7-5-4-6-8-18/h3-15H2,1-2H3. The van der Waals surface area contributed by atoms with E-state index in [4.69, 9.17) is 4.74 Å². The molecule has 0 aromatic carbocycles. The molecule has 1 aliphatic heterocycles. The van der Waals surface area contributed by atoms with Crippen molar-refractivity contribution in [2.75, 3.05) is 59.5 Å². The highest BCUT2D eigenvalue weighted by Gasteiger charge is 2.39. The van der Waals surface area contributed by atoms with E-state index >= 15 is 0 Å². The highest BCUT2D eigenvalue weighted by molar-refractivity contribution is 5.79. The van der Waals surface area contributed by atoms with Gasteiger partial charge in [0.15, 0.2) is 0 Å². The first kappa shape index (κ1) is 19.2. The lowest BCUT2D eigenvalue weighted by atomic mass is 9.81. The fraction of sp³-hybridized carbons (Fsp3) is 0.889. The molecule has 1 saturated heterocycles. The molecule has 0 atom stereocenters. The van der Waals surface area contributed by atoms with Crippen LogP contribution in [0.15, 0.2) is 0 Å². The molecule has 0 unspecified atom stereocenters. The monoisotopic (exact) mass is 336 g/mol. The Morgan fingerprint density at radius 1 is 1.17 bits per heavy atom. The maximum absolute atomic E-state index is 12.7. The molecular formula is C18H32N4O2. The summed E-state index contributed by atoms with van der Waals surface area (Å²) < 4.78 is 5.40.